The number of aromatic nitrogens is 3. The molecule has 0 aliphatic rings. The number of pyridine rings is 2. The van der Waals surface area contributed by atoms with Gasteiger partial charge in [0.05, 0.1) is 5.69 Å². The maximum atomic E-state index is 12.8. The number of aryl methyl sites for hydroxylation is 1. The van der Waals surface area contributed by atoms with Gasteiger partial charge in [0.1, 0.15) is 12.3 Å². The van der Waals surface area contributed by atoms with Crippen molar-refractivity contribution in [2.24, 2.45) is 7.05 Å². The Hall–Kier alpha value is -3.87. The maximum Gasteiger partial charge on any atom is 0.271 e. The molecule has 0 spiro atoms. The van der Waals surface area contributed by atoms with Crippen LogP contribution >= 0.6 is 0 Å². The molecule has 0 aliphatic heterocycles. The van der Waals surface area contributed by atoms with Gasteiger partial charge >= 0.3 is 0 Å². The predicted molar refractivity (Wildman–Crippen MR) is 114 cm³/mol. The SMILES string of the molecule is Cn1ccc(=O)c(OCc2ccccc2)c1C(=O)NCCc1cn2ccccc2n1. The molecular formula is C23H22N4O3. The number of nitrogens with zero attached hydrogens (tertiary/aromatic N) is 3. The fraction of sp³-hybridized carbons (Fsp3) is 0.174. The molecule has 1 amide bonds. The molecule has 3 heterocycles. The lowest BCUT2D eigenvalue weighted by molar-refractivity contribution is 0.0939. The first-order valence-corrected chi connectivity index (χ1v) is 9.69. The van der Waals surface area contributed by atoms with E-state index in [2.05, 4.69) is 10.3 Å². The highest BCUT2D eigenvalue weighted by Crippen LogP contribution is 2.15. The van der Waals surface area contributed by atoms with Gasteiger partial charge in [-0.1, -0.05) is 36.4 Å². The van der Waals surface area contributed by atoms with Crippen molar-refractivity contribution in [3.8, 4) is 5.75 Å². The van der Waals surface area contributed by atoms with Crippen molar-refractivity contribution in [2.75, 3.05) is 6.54 Å². The second-order valence-corrected chi connectivity index (χ2v) is 6.95. The highest BCUT2D eigenvalue weighted by Gasteiger charge is 2.19. The first-order valence-electron chi connectivity index (χ1n) is 9.69. The number of hydrogen-bond donors (Lipinski definition) is 1. The normalized spacial score (nSPS) is 10.8. The van der Waals surface area contributed by atoms with E-state index in [-0.39, 0.29) is 29.4 Å². The molecule has 1 N–H and O–H groups in total. The molecule has 0 saturated heterocycles. The van der Waals surface area contributed by atoms with Crippen molar-refractivity contribution < 1.29 is 9.53 Å². The van der Waals surface area contributed by atoms with Gasteiger partial charge in [-0.2, -0.15) is 0 Å². The van der Waals surface area contributed by atoms with E-state index in [0.29, 0.717) is 13.0 Å². The van der Waals surface area contributed by atoms with Gasteiger partial charge < -0.3 is 19.0 Å². The van der Waals surface area contributed by atoms with Gasteiger partial charge in [0.2, 0.25) is 5.43 Å². The third-order valence-corrected chi connectivity index (χ3v) is 4.76. The zero-order chi connectivity index (χ0) is 20.9. The first kappa shape index (κ1) is 19.4. The van der Waals surface area contributed by atoms with Crippen molar-refractivity contribution in [1.82, 2.24) is 19.3 Å². The van der Waals surface area contributed by atoms with Crippen LogP contribution in [0.5, 0.6) is 5.75 Å². The summed E-state index contributed by atoms with van der Waals surface area (Å²) < 4.78 is 9.29. The number of ether oxygens (including phenoxy) is 1. The zero-order valence-corrected chi connectivity index (χ0v) is 16.6. The minimum atomic E-state index is -0.359. The van der Waals surface area contributed by atoms with E-state index in [1.807, 2.05) is 65.3 Å². The molecule has 0 bridgehead atoms. The van der Waals surface area contributed by atoms with Crippen LogP contribution in [-0.4, -0.2) is 26.4 Å². The van der Waals surface area contributed by atoms with Crippen molar-refractivity contribution in [1.29, 1.82) is 0 Å². The van der Waals surface area contributed by atoms with E-state index in [0.717, 1.165) is 16.9 Å². The summed E-state index contributed by atoms with van der Waals surface area (Å²) >= 11 is 0. The molecule has 1 aromatic carbocycles. The van der Waals surface area contributed by atoms with Crippen LogP contribution in [0, 0.1) is 0 Å². The molecule has 4 aromatic rings. The van der Waals surface area contributed by atoms with E-state index in [9.17, 15) is 9.59 Å². The summed E-state index contributed by atoms with van der Waals surface area (Å²) in [6, 6.07) is 16.7. The third kappa shape index (κ3) is 4.25. The summed E-state index contributed by atoms with van der Waals surface area (Å²) in [6.45, 7) is 0.603. The third-order valence-electron chi connectivity index (χ3n) is 4.76. The Morgan fingerprint density at radius 3 is 2.67 bits per heavy atom. The largest absolute Gasteiger partial charge is 0.483 e. The van der Waals surface area contributed by atoms with Crippen LogP contribution in [0.3, 0.4) is 0 Å². The molecule has 7 nitrogen and oxygen atoms in total. The Labute approximate surface area is 173 Å². The summed E-state index contributed by atoms with van der Waals surface area (Å²) in [5.74, 6) is -0.309. The van der Waals surface area contributed by atoms with E-state index in [4.69, 9.17) is 4.74 Å². The Morgan fingerprint density at radius 1 is 1.07 bits per heavy atom. The second kappa shape index (κ2) is 8.65. The molecule has 3 aromatic heterocycles. The van der Waals surface area contributed by atoms with Gasteiger partial charge in [-0.15, -0.1) is 0 Å². The summed E-state index contributed by atoms with van der Waals surface area (Å²) in [6.07, 6.45) is 6.01. The zero-order valence-electron chi connectivity index (χ0n) is 16.6. The average Bonchev–Trinajstić information content (AvgIpc) is 3.17. The van der Waals surface area contributed by atoms with Gasteiger partial charge in [0.25, 0.3) is 5.91 Å². The first-order chi connectivity index (χ1) is 14.6. The van der Waals surface area contributed by atoms with Gasteiger partial charge in [0.15, 0.2) is 11.4 Å². The lowest BCUT2D eigenvalue weighted by Gasteiger charge is -2.14. The van der Waals surface area contributed by atoms with Crippen LogP contribution in [0.2, 0.25) is 0 Å². The second-order valence-electron chi connectivity index (χ2n) is 6.95. The number of carbonyl (C=O) groups excluding carboxylic acids is 1. The lowest BCUT2D eigenvalue weighted by Crippen LogP contribution is -2.30. The number of nitrogens with one attached hydrogen (secondary N) is 1. The van der Waals surface area contributed by atoms with Gasteiger partial charge in [-0.05, 0) is 17.7 Å². The molecule has 0 aliphatic carbocycles. The summed E-state index contributed by atoms with van der Waals surface area (Å²) in [5.41, 5.74) is 2.54. The van der Waals surface area contributed by atoms with Gasteiger partial charge in [-0.25, -0.2) is 4.98 Å². The van der Waals surface area contributed by atoms with Crippen molar-refractivity contribution in [3.63, 3.8) is 0 Å². The quantitative estimate of drug-likeness (QED) is 0.515. The summed E-state index contributed by atoms with van der Waals surface area (Å²) in [5, 5.41) is 2.87. The number of amides is 1. The standard InChI is InChI=1S/C23H22N4O3/c1-26-14-11-19(28)22(30-16-17-7-3-2-4-8-17)21(26)23(29)24-12-10-18-15-27-13-6-5-9-20(27)25-18/h2-9,11,13-15H,10,12,16H2,1H3,(H,24,29). The van der Waals surface area contributed by atoms with Crippen LogP contribution in [0.4, 0.5) is 0 Å². The molecule has 0 atom stereocenters. The Kier molecular flexibility index (Phi) is 5.61. The lowest BCUT2D eigenvalue weighted by atomic mass is 10.2. The molecule has 0 saturated carbocycles. The number of carbonyl (C=O) groups is 1. The Bertz CT molecular complexity index is 1200. The topological polar surface area (TPSA) is 77.6 Å². The molecule has 7 heteroatoms. The van der Waals surface area contributed by atoms with Crippen LogP contribution in [0.15, 0.2) is 78.0 Å². The van der Waals surface area contributed by atoms with Crippen molar-refractivity contribution in [2.45, 2.75) is 13.0 Å². The highest BCUT2D eigenvalue weighted by molar-refractivity contribution is 5.95. The van der Waals surface area contributed by atoms with Crippen molar-refractivity contribution >= 4 is 11.6 Å². The maximum absolute atomic E-state index is 12.8. The number of fused-ring (bicyclic) bond motifs is 1. The minimum Gasteiger partial charge on any atom is -0.483 e. The highest BCUT2D eigenvalue weighted by atomic mass is 16.5. The molecule has 0 fully saturated rings. The number of hydrogen-bond acceptors (Lipinski definition) is 4. The fourth-order valence-corrected chi connectivity index (χ4v) is 3.23. The fourth-order valence-electron chi connectivity index (χ4n) is 3.23. The van der Waals surface area contributed by atoms with E-state index in [1.54, 1.807) is 17.8 Å². The number of benzene rings is 1. The Morgan fingerprint density at radius 2 is 1.87 bits per heavy atom. The number of imidazole rings is 1. The predicted octanol–water partition coefficient (Wildman–Crippen LogP) is 2.58. The van der Waals surface area contributed by atoms with E-state index < -0.39 is 0 Å². The minimum absolute atomic E-state index is 0.0501. The van der Waals surface area contributed by atoms with Crippen LogP contribution in [0.1, 0.15) is 21.7 Å². The van der Waals surface area contributed by atoms with Gasteiger partial charge in [-0.3, -0.25) is 9.59 Å². The average molecular weight is 402 g/mol. The van der Waals surface area contributed by atoms with Crippen LogP contribution < -0.4 is 15.5 Å². The smallest absolute Gasteiger partial charge is 0.271 e. The molecule has 30 heavy (non-hydrogen) atoms. The molecule has 4 rings (SSSR count). The Balaban J connectivity index is 1.46. The molecule has 0 radical (unpaired) electrons. The molecule has 152 valence electrons. The van der Waals surface area contributed by atoms with Gasteiger partial charge in [0, 0.05) is 44.7 Å². The van der Waals surface area contributed by atoms with Crippen molar-refractivity contribution in [3.05, 3.63) is 100 Å². The number of rotatable bonds is 7. The molecule has 0 unspecified atom stereocenters. The summed E-state index contributed by atoms with van der Waals surface area (Å²) in [4.78, 5) is 29.7. The monoisotopic (exact) mass is 402 g/mol. The van der Waals surface area contributed by atoms with E-state index >= 15 is 0 Å². The van der Waals surface area contributed by atoms with E-state index in [1.165, 1.54) is 6.07 Å². The molecular weight excluding hydrogens is 380 g/mol. The summed E-state index contributed by atoms with van der Waals surface area (Å²) in [7, 11) is 1.71. The van der Waals surface area contributed by atoms with Crippen LogP contribution in [0.25, 0.3) is 5.65 Å². The van der Waals surface area contributed by atoms with Crippen LogP contribution in [-0.2, 0) is 20.1 Å².